The van der Waals surface area contributed by atoms with Crippen LogP contribution in [0, 0.1) is 0 Å². The molecule has 0 radical (unpaired) electrons. The first-order valence-electron chi connectivity index (χ1n) is 8.47. The molecule has 0 saturated carbocycles. The highest BCUT2D eigenvalue weighted by Gasteiger charge is 2.38. The molecule has 1 aromatic heterocycles. The fraction of sp³-hybridized carbons (Fsp3) is 0.353. The molecule has 1 aliphatic rings. The van der Waals surface area contributed by atoms with Gasteiger partial charge in [-0.05, 0) is 49.2 Å². The van der Waals surface area contributed by atoms with E-state index in [4.69, 9.17) is 11.6 Å². The predicted octanol–water partition coefficient (Wildman–Crippen LogP) is 2.99. The Balaban J connectivity index is 1.81. The summed E-state index contributed by atoms with van der Waals surface area (Å²) in [6.07, 6.45) is 2.92. The molecule has 1 unspecified atom stereocenters. The number of sulfone groups is 1. The lowest BCUT2D eigenvalue weighted by Crippen LogP contribution is -2.49. The molecule has 1 aromatic carbocycles. The van der Waals surface area contributed by atoms with E-state index in [1.165, 1.54) is 40.7 Å². The zero-order chi connectivity index (χ0) is 20.5. The second-order valence-corrected chi connectivity index (χ2v) is 12.3. The van der Waals surface area contributed by atoms with Gasteiger partial charge in [-0.2, -0.15) is 4.31 Å². The van der Waals surface area contributed by atoms with E-state index in [1.807, 2.05) is 0 Å². The van der Waals surface area contributed by atoms with E-state index in [0.29, 0.717) is 22.9 Å². The summed E-state index contributed by atoms with van der Waals surface area (Å²) >= 11 is 6.83. The van der Waals surface area contributed by atoms with Crippen molar-refractivity contribution in [3.8, 4) is 0 Å². The van der Waals surface area contributed by atoms with E-state index in [0.717, 1.165) is 24.0 Å². The third-order valence-electron chi connectivity index (χ3n) is 4.42. The van der Waals surface area contributed by atoms with Gasteiger partial charge in [0.1, 0.15) is 10.3 Å². The average Bonchev–Trinajstić information content (AvgIpc) is 3.08. The number of sulfonamides is 1. The molecule has 2 aromatic rings. The number of carbonyl (C=O) groups excluding carboxylic acids is 1. The number of anilines is 1. The summed E-state index contributed by atoms with van der Waals surface area (Å²) in [5.74, 6) is -0.446. The molecule has 1 aliphatic heterocycles. The second-order valence-electron chi connectivity index (χ2n) is 6.47. The first-order chi connectivity index (χ1) is 13.1. The quantitative estimate of drug-likeness (QED) is 0.736. The Morgan fingerprint density at radius 3 is 2.36 bits per heavy atom. The van der Waals surface area contributed by atoms with Gasteiger partial charge in [0.25, 0.3) is 10.0 Å². The third-order valence-corrected chi connectivity index (χ3v) is 9.15. The van der Waals surface area contributed by atoms with Crippen molar-refractivity contribution in [2.45, 2.75) is 34.4 Å². The van der Waals surface area contributed by atoms with Crippen LogP contribution >= 0.6 is 22.9 Å². The number of nitrogens with zero attached hydrogens (tertiary/aromatic N) is 1. The molecule has 0 aliphatic carbocycles. The van der Waals surface area contributed by atoms with E-state index in [2.05, 4.69) is 5.32 Å². The summed E-state index contributed by atoms with van der Waals surface area (Å²) in [7, 11) is -7.16. The van der Waals surface area contributed by atoms with Crippen LogP contribution in [0.1, 0.15) is 19.3 Å². The smallest absolute Gasteiger partial charge is 0.253 e. The van der Waals surface area contributed by atoms with Gasteiger partial charge in [0.2, 0.25) is 5.91 Å². The minimum Gasteiger partial charge on any atom is -0.325 e. The van der Waals surface area contributed by atoms with Gasteiger partial charge in [-0.25, -0.2) is 16.8 Å². The highest BCUT2D eigenvalue weighted by atomic mass is 35.5. The number of carbonyl (C=O) groups is 1. The molecule has 1 fully saturated rings. The van der Waals surface area contributed by atoms with E-state index in [1.54, 1.807) is 0 Å². The van der Waals surface area contributed by atoms with Crippen molar-refractivity contribution in [1.29, 1.82) is 0 Å². The zero-order valence-corrected chi connectivity index (χ0v) is 18.2. The van der Waals surface area contributed by atoms with Crippen molar-refractivity contribution >= 4 is 54.4 Å². The van der Waals surface area contributed by atoms with Gasteiger partial charge in [-0.15, -0.1) is 11.3 Å². The highest BCUT2D eigenvalue weighted by Crippen LogP contribution is 2.32. The summed E-state index contributed by atoms with van der Waals surface area (Å²) in [4.78, 5) is 12.9. The van der Waals surface area contributed by atoms with Crippen LogP contribution in [0.2, 0.25) is 4.34 Å². The average molecular weight is 463 g/mol. The number of benzene rings is 1. The van der Waals surface area contributed by atoms with Crippen LogP contribution in [0.25, 0.3) is 0 Å². The van der Waals surface area contributed by atoms with Crippen molar-refractivity contribution in [1.82, 2.24) is 4.31 Å². The minimum absolute atomic E-state index is 0.106. The van der Waals surface area contributed by atoms with E-state index < -0.39 is 31.8 Å². The molecule has 11 heteroatoms. The van der Waals surface area contributed by atoms with Crippen LogP contribution in [0.15, 0.2) is 45.5 Å². The SMILES string of the molecule is CS(=O)(=O)c1ccc(NC(=O)C2CCCCN2S(=O)(=O)c2ccc(Cl)s2)cc1. The molecule has 0 bridgehead atoms. The van der Waals surface area contributed by atoms with Crippen molar-refractivity contribution in [3.63, 3.8) is 0 Å². The summed E-state index contributed by atoms with van der Waals surface area (Å²) in [6, 6.07) is 7.87. The van der Waals surface area contributed by atoms with Crippen molar-refractivity contribution in [2.24, 2.45) is 0 Å². The molecule has 1 saturated heterocycles. The van der Waals surface area contributed by atoms with Gasteiger partial charge in [0.15, 0.2) is 9.84 Å². The van der Waals surface area contributed by atoms with Gasteiger partial charge in [-0.1, -0.05) is 18.0 Å². The molecule has 7 nitrogen and oxygen atoms in total. The van der Waals surface area contributed by atoms with Crippen molar-refractivity contribution < 1.29 is 21.6 Å². The van der Waals surface area contributed by atoms with Crippen LogP contribution in [-0.2, 0) is 24.7 Å². The first-order valence-corrected chi connectivity index (χ1v) is 13.0. The normalized spacial score (nSPS) is 18.7. The van der Waals surface area contributed by atoms with Gasteiger partial charge in [0, 0.05) is 18.5 Å². The van der Waals surface area contributed by atoms with Crippen LogP contribution in [0.5, 0.6) is 0 Å². The summed E-state index contributed by atoms with van der Waals surface area (Å²) in [5.41, 5.74) is 0.402. The molecule has 1 N–H and O–H groups in total. The molecule has 2 heterocycles. The predicted molar refractivity (Wildman–Crippen MR) is 109 cm³/mol. The van der Waals surface area contributed by atoms with Gasteiger partial charge < -0.3 is 5.32 Å². The standard InChI is InChI=1S/C17H19ClN2O5S3/c1-27(22,23)13-7-5-12(6-8-13)19-17(21)14-4-2-3-11-20(14)28(24,25)16-10-9-15(18)26-16/h5-10,14H,2-4,11H2,1H3,(H,19,21). The number of rotatable bonds is 5. The Morgan fingerprint density at radius 1 is 1.11 bits per heavy atom. The Kier molecular flexibility index (Phi) is 6.16. The Labute approximate surface area is 173 Å². The molecule has 0 spiro atoms. The Bertz CT molecular complexity index is 1080. The Hall–Kier alpha value is -1.46. The molecule has 152 valence electrons. The van der Waals surface area contributed by atoms with Crippen molar-refractivity contribution in [3.05, 3.63) is 40.7 Å². The number of nitrogens with one attached hydrogen (secondary N) is 1. The lowest BCUT2D eigenvalue weighted by atomic mass is 10.0. The van der Waals surface area contributed by atoms with Crippen LogP contribution < -0.4 is 5.32 Å². The first kappa shape index (κ1) is 21.3. The number of amides is 1. The highest BCUT2D eigenvalue weighted by molar-refractivity contribution is 7.91. The van der Waals surface area contributed by atoms with E-state index in [9.17, 15) is 21.6 Å². The van der Waals surface area contributed by atoms with Crippen LogP contribution in [0.4, 0.5) is 5.69 Å². The van der Waals surface area contributed by atoms with Gasteiger partial charge in [0.05, 0.1) is 9.23 Å². The van der Waals surface area contributed by atoms with Crippen LogP contribution in [-0.4, -0.2) is 45.9 Å². The molecular formula is C17H19ClN2O5S3. The maximum absolute atomic E-state index is 13.0. The third kappa shape index (κ3) is 4.57. The maximum atomic E-state index is 13.0. The summed E-state index contributed by atoms with van der Waals surface area (Å²) in [5, 5.41) is 2.69. The Morgan fingerprint density at radius 2 is 1.79 bits per heavy atom. The monoisotopic (exact) mass is 462 g/mol. The van der Waals surface area contributed by atoms with Gasteiger partial charge in [-0.3, -0.25) is 4.79 Å². The zero-order valence-electron chi connectivity index (χ0n) is 15.0. The number of hydrogen-bond acceptors (Lipinski definition) is 6. The fourth-order valence-corrected chi connectivity index (χ4v) is 6.92. The van der Waals surface area contributed by atoms with Gasteiger partial charge >= 0.3 is 0 Å². The fourth-order valence-electron chi connectivity index (χ4n) is 3.02. The number of hydrogen-bond donors (Lipinski definition) is 1. The largest absolute Gasteiger partial charge is 0.325 e. The number of halogens is 1. The molecular weight excluding hydrogens is 444 g/mol. The second kappa shape index (κ2) is 8.11. The van der Waals surface area contributed by atoms with Crippen molar-refractivity contribution in [2.75, 3.05) is 18.1 Å². The van der Waals surface area contributed by atoms with E-state index >= 15 is 0 Å². The number of thiophene rings is 1. The summed E-state index contributed by atoms with van der Waals surface area (Å²) < 4.78 is 50.7. The molecule has 28 heavy (non-hydrogen) atoms. The summed E-state index contributed by atoms with van der Waals surface area (Å²) in [6.45, 7) is 0.253. The lowest BCUT2D eigenvalue weighted by Gasteiger charge is -2.33. The molecule has 1 atom stereocenters. The maximum Gasteiger partial charge on any atom is 0.253 e. The molecule has 1 amide bonds. The minimum atomic E-state index is -3.83. The lowest BCUT2D eigenvalue weighted by molar-refractivity contribution is -0.120. The molecule has 3 rings (SSSR count). The van der Waals surface area contributed by atoms with Crippen LogP contribution in [0.3, 0.4) is 0 Å². The number of piperidine rings is 1. The topological polar surface area (TPSA) is 101 Å². The van der Waals surface area contributed by atoms with E-state index in [-0.39, 0.29) is 15.6 Å².